The molecular formula is C13H13IO3. The molecule has 0 N–H and O–H groups in total. The Balaban J connectivity index is 2.03. The van der Waals surface area contributed by atoms with Crippen LogP contribution in [0.3, 0.4) is 0 Å². The van der Waals surface area contributed by atoms with Crippen molar-refractivity contribution < 1.29 is 14.3 Å². The van der Waals surface area contributed by atoms with Crippen LogP contribution in [0.2, 0.25) is 0 Å². The van der Waals surface area contributed by atoms with Crippen LogP contribution in [-0.4, -0.2) is 17.9 Å². The lowest BCUT2D eigenvalue weighted by molar-refractivity contribution is -0.129. The lowest BCUT2D eigenvalue weighted by atomic mass is 9.96. The smallest absolute Gasteiger partial charge is 0.338 e. The maximum atomic E-state index is 11.8. The van der Waals surface area contributed by atoms with Crippen LogP contribution in [0.15, 0.2) is 24.3 Å². The second-order valence-electron chi connectivity index (χ2n) is 4.12. The van der Waals surface area contributed by atoms with E-state index >= 15 is 0 Å². The first-order valence-electron chi connectivity index (χ1n) is 5.66. The molecule has 1 atom stereocenters. The van der Waals surface area contributed by atoms with Gasteiger partial charge in [0.2, 0.25) is 0 Å². The van der Waals surface area contributed by atoms with Crippen molar-refractivity contribution in [3.63, 3.8) is 0 Å². The number of halogens is 1. The van der Waals surface area contributed by atoms with Gasteiger partial charge in [-0.05, 0) is 60.1 Å². The van der Waals surface area contributed by atoms with Crippen LogP contribution >= 0.6 is 22.6 Å². The van der Waals surface area contributed by atoms with E-state index in [1.165, 1.54) is 0 Å². The van der Waals surface area contributed by atoms with E-state index in [0.29, 0.717) is 18.4 Å². The maximum Gasteiger partial charge on any atom is 0.338 e. The average Bonchev–Trinajstić information content (AvgIpc) is 2.32. The van der Waals surface area contributed by atoms with Crippen LogP contribution in [0, 0.1) is 3.57 Å². The number of ether oxygens (including phenoxy) is 1. The minimum Gasteiger partial charge on any atom is -0.451 e. The largest absolute Gasteiger partial charge is 0.451 e. The third kappa shape index (κ3) is 3.28. The minimum absolute atomic E-state index is 0.0511. The van der Waals surface area contributed by atoms with Gasteiger partial charge >= 0.3 is 5.97 Å². The number of rotatable bonds is 2. The Labute approximate surface area is 114 Å². The van der Waals surface area contributed by atoms with Crippen LogP contribution in [0.25, 0.3) is 0 Å². The molecule has 4 heteroatoms. The molecule has 1 aromatic rings. The van der Waals surface area contributed by atoms with E-state index in [2.05, 4.69) is 22.6 Å². The zero-order valence-electron chi connectivity index (χ0n) is 9.32. The van der Waals surface area contributed by atoms with E-state index < -0.39 is 12.1 Å². The average molecular weight is 344 g/mol. The molecule has 3 nitrogen and oxygen atoms in total. The second-order valence-corrected chi connectivity index (χ2v) is 5.36. The van der Waals surface area contributed by atoms with Gasteiger partial charge in [0.25, 0.3) is 0 Å². The molecule has 0 aliphatic heterocycles. The summed E-state index contributed by atoms with van der Waals surface area (Å²) in [5, 5.41) is 0. The fraction of sp³-hybridized carbons (Fsp3) is 0.385. The fourth-order valence-corrected chi connectivity index (χ4v) is 2.43. The molecule has 1 aromatic carbocycles. The molecular weight excluding hydrogens is 331 g/mol. The number of hydrogen-bond donors (Lipinski definition) is 0. The highest BCUT2D eigenvalue weighted by atomic mass is 127. The number of benzene rings is 1. The van der Waals surface area contributed by atoms with Crippen LogP contribution in [0.5, 0.6) is 0 Å². The van der Waals surface area contributed by atoms with E-state index in [9.17, 15) is 9.59 Å². The Morgan fingerprint density at radius 1 is 1.35 bits per heavy atom. The summed E-state index contributed by atoms with van der Waals surface area (Å²) in [6.45, 7) is 0. The number of esters is 1. The quantitative estimate of drug-likeness (QED) is 0.612. The molecule has 0 amide bonds. The lowest BCUT2D eigenvalue weighted by Gasteiger charge is -2.20. The SMILES string of the molecule is O=C(OC1CCCCC1=O)c1cccc(I)c1. The third-order valence-corrected chi connectivity index (χ3v) is 3.48. The van der Waals surface area contributed by atoms with Gasteiger partial charge in [-0.15, -0.1) is 0 Å². The molecule has 0 heterocycles. The van der Waals surface area contributed by atoms with Crippen molar-refractivity contribution in [2.75, 3.05) is 0 Å². The molecule has 1 saturated carbocycles. The van der Waals surface area contributed by atoms with Gasteiger partial charge in [0.1, 0.15) is 0 Å². The zero-order valence-corrected chi connectivity index (χ0v) is 11.5. The Hall–Kier alpha value is -0.910. The summed E-state index contributed by atoms with van der Waals surface area (Å²) in [5.74, 6) is -0.348. The van der Waals surface area contributed by atoms with Crippen LogP contribution in [0.4, 0.5) is 0 Å². The molecule has 0 spiro atoms. The van der Waals surface area contributed by atoms with E-state index in [1.54, 1.807) is 18.2 Å². The number of carbonyl (C=O) groups is 2. The van der Waals surface area contributed by atoms with E-state index in [1.807, 2.05) is 6.07 Å². The summed E-state index contributed by atoms with van der Waals surface area (Å²) in [7, 11) is 0. The number of carbonyl (C=O) groups excluding carboxylic acids is 2. The van der Waals surface area contributed by atoms with E-state index in [4.69, 9.17) is 4.74 Å². The highest BCUT2D eigenvalue weighted by molar-refractivity contribution is 14.1. The predicted octanol–water partition coefficient (Wildman–Crippen LogP) is 2.96. The number of Topliss-reactive ketones (excluding diaryl/α,β-unsaturated/α-hetero) is 1. The van der Waals surface area contributed by atoms with Crippen molar-refractivity contribution >= 4 is 34.3 Å². The molecule has 90 valence electrons. The lowest BCUT2D eigenvalue weighted by Crippen LogP contribution is -2.30. The van der Waals surface area contributed by atoms with Gasteiger partial charge in [-0.25, -0.2) is 4.79 Å². The molecule has 0 aromatic heterocycles. The Bertz CT molecular complexity index is 442. The monoisotopic (exact) mass is 344 g/mol. The highest BCUT2D eigenvalue weighted by Gasteiger charge is 2.26. The van der Waals surface area contributed by atoms with Crippen molar-refractivity contribution in [3.05, 3.63) is 33.4 Å². The van der Waals surface area contributed by atoms with E-state index in [0.717, 1.165) is 16.4 Å². The maximum absolute atomic E-state index is 11.8. The number of hydrogen-bond acceptors (Lipinski definition) is 3. The molecule has 0 bridgehead atoms. The van der Waals surface area contributed by atoms with Crippen molar-refractivity contribution in [1.29, 1.82) is 0 Å². The standard InChI is InChI=1S/C13H13IO3/c14-10-5-3-4-9(8-10)13(16)17-12-7-2-1-6-11(12)15/h3-5,8,12H,1-2,6-7H2. The zero-order chi connectivity index (χ0) is 12.3. The van der Waals surface area contributed by atoms with Crippen molar-refractivity contribution in [3.8, 4) is 0 Å². The summed E-state index contributed by atoms with van der Waals surface area (Å²) in [6, 6.07) is 7.18. The van der Waals surface area contributed by atoms with Gasteiger partial charge in [-0.2, -0.15) is 0 Å². The van der Waals surface area contributed by atoms with Crippen LogP contribution < -0.4 is 0 Å². The molecule has 1 fully saturated rings. The van der Waals surface area contributed by atoms with Gasteiger partial charge in [0.05, 0.1) is 5.56 Å². The van der Waals surface area contributed by atoms with Crippen molar-refractivity contribution in [1.82, 2.24) is 0 Å². The van der Waals surface area contributed by atoms with Crippen LogP contribution in [0.1, 0.15) is 36.0 Å². The van der Waals surface area contributed by atoms with Gasteiger partial charge in [-0.1, -0.05) is 6.07 Å². The first kappa shape index (κ1) is 12.5. The summed E-state index contributed by atoms with van der Waals surface area (Å²) >= 11 is 2.14. The Morgan fingerprint density at radius 2 is 2.18 bits per heavy atom. The molecule has 0 radical (unpaired) electrons. The van der Waals surface area contributed by atoms with Gasteiger partial charge in [0.15, 0.2) is 11.9 Å². The molecule has 2 rings (SSSR count). The van der Waals surface area contributed by atoms with Gasteiger partial charge in [-0.3, -0.25) is 4.79 Å². The molecule has 0 saturated heterocycles. The van der Waals surface area contributed by atoms with Crippen molar-refractivity contribution in [2.24, 2.45) is 0 Å². The summed E-state index contributed by atoms with van der Waals surface area (Å²) in [6.07, 6.45) is 2.53. The third-order valence-electron chi connectivity index (χ3n) is 2.81. The molecule has 1 aliphatic rings. The normalized spacial score (nSPS) is 20.1. The second kappa shape index (κ2) is 5.62. The van der Waals surface area contributed by atoms with Gasteiger partial charge < -0.3 is 4.74 Å². The topological polar surface area (TPSA) is 43.4 Å². The first-order chi connectivity index (χ1) is 8.16. The highest BCUT2D eigenvalue weighted by Crippen LogP contribution is 2.19. The summed E-state index contributed by atoms with van der Waals surface area (Å²) < 4.78 is 6.23. The Kier molecular flexibility index (Phi) is 4.15. The summed E-state index contributed by atoms with van der Waals surface area (Å²) in [5.41, 5.74) is 0.510. The molecule has 17 heavy (non-hydrogen) atoms. The van der Waals surface area contributed by atoms with Gasteiger partial charge in [0, 0.05) is 9.99 Å². The molecule has 1 aliphatic carbocycles. The van der Waals surface area contributed by atoms with Crippen molar-refractivity contribution in [2.45, 2.75) is 31.8 Å². The summed E-state index contributed by atoms with van der Waals surface area (Å²) in [4.78, 5) is 23.4. The minimum atomic E-state index is -0.533. The molecule has 1 unspecified atom stereocenters. The van der Waals surface area contributed by atoms with E-state index in [-0.39, 0.29) is 5.78 Å². The predicted molar refractivity (Wildman–Crippen MR) is 71.8 cm³/mol. The first-order valence-corrected chi connectivity index (χ1v) is 6.74. The fourth-order valence-electron chi connectivity index (χ4n) is 1.89. The Morgan fingerprint density at radius 3 is 2.88 bits per heavy atom. The number of ketones is 1. The van der Waals surface area contributed by atoms with Crippen LogP contribution in [-0.2, 0) is 9.53 Å².